The Balaban J connectivity index is 0.000000173. The fourth-order valence-electron chi connectivity index (χ4n) is 1.70. The van der Waals surface area contributed by atoms with Gasteiger partial charge in [-0.2, -0.15) is 0 Å². The van der Waals surface area contributed by atoms with Crippen molar-refractivity contribution in [2.45, 2.75) is 0 Å². The second kappa shape index (κ2) is 8.39. The molecule has 3 aromatic carbocycles. The van der Waals surface area contributed by atoms with Gasteiger partial charge in [-0.1, -0.05) is 79.4 Å². The molecule has 0 heterocycles. The molecule has 1 heteroatoms. The maximum absolute atomic E-state index is 5.58. The third kappa shape index (κ3) is 5.37. The average molecular weight is 274 g/mol. The molecule has 0 aliphatic heterocycles. The number of benzene rings is 3. The van der Waals surface area contributed by atoms with Gasteiger partial charge in [-0.25, -0.2) is 0 Å². The van der Waals surface area contributed by atoms with Gasteiger partial charge in [0.2, 0.25) is 0 Å². The van der Waals surface area contributed by atoms with Gasteiger partial charge in [0.05, 0.1) is 0 Å². The number of para-hydroxylation sites is 2. The summed E-state index contributed by atoms with van der Waals surface area (Å²) in [5, 5.41) is 0. The molecule has 3 rings (SSSR count). The summed E-state index contributed by atoms with van der Waals surface area (Å²) in [7, 11) is 0. The zero-order valence-corrected chi connectivity index (χ0v) is 11.9. The molecular weight excluding hydrogens is 256 g/mol. The van der Waals surface area contributed by atoms with Crippen molar-refractivity contribution in [2.24, 2.45) is 0 Å². The van der Waals surface area contributed by atoms with Crippen molar-refractivity contribution in [2.75, 3.05) is 0 Å². The second-order valence-corrected chi connectivity index (χ2v) is 4.34. The molecule has 21 heavy (non-hydrogen) atoms. The van der Waals surface area contributed by atoms with E-state index in [1.54, 1.807) is 0 Å². The van der Waals surface area contributed by atoms with E-state index >= 15 is 0 Å². The Morgan fingerprint density at radius 3 is 1.29 bits per heavy atom. The van der Waals surface area contributed by atoms with Crippen LogP contribution in [0.1, 0.15) is 5.56 Å². The first-order valence-electron chi connectivity index (χ1n) is 6.84. The van der Waals surface area contributed by atoms with Crippen LogP contribution in [0.5, 0.6) is 11.5 Å². The smallest absolute Gasteiger partial charge is 0.127 e. The Kier molecular flexibility index (Phi) is 5.83. The number of ether oxygens (including phenoxy) is 1. The fourth-order valence-corrected chi connectivity index (χ4v) is 1.70. The molecule has 0 N–H and O–H groups in total. The highest BCUT2D eigenvalue weighted by Gasteiger charge is 1.92. The zero-order chi connectivity index (χ0) is 14.8. The van der Waals surface area contributed by atoms with Gasteiger partial charge in [-0.3, -0.25) is 0 Å². The van der Waals surface area contributed by atoms with E-state index in [9.17, 15) is 0 Å². The van der Waals surface area contributed by atoms with Crippen LogP contribution in [0.15, 0.2) is 97.6 Å². The lowest BCUT2D eigenvalue weighted by atomic mass is 10.2. The van der Waals surface area contributed by atoms with Gasteiger partial charge >= 0.3 is 0 Å². The lowest BCUT2D eigenvalue weighted by Crippen LogP contribution is -1.81. The van der Waals surface area contributed by atoms with Crippen LogP contribution in [-0.2, 0) is 0 Å². The van der Waals surface area contributed by atoms with Crippen molar-refractivity contribution < 1.29 is 4.74 Å². The third-order valence-electron chi connectivity index (χ3n) is 2.76. The largest absolute Gasteiger partial charge is 0.457 e. The van der Waals surface area contributed by atoms with Gasteiger partial charge < -0.3 is 4.74 Å². The molecule has 0 radical (unpaired) electrons. The predicted molar refractivity (Wildman–Crippen MR) is 89.5 cm³/mol. The standard InChI is InChI=1S/C12H10O.C8H8/c1-3-7-11(8-4-1)13-12-9-5-2-6-10-12;1-2-8-6-4-3-5-7-8/h1-10H;2-7H,1H2. The quantitative estimate of drug-likeness (QED) is 0.585. The van der Waals surface area contributed by atoms with Crippen molar-refractivity contribution in [1.82, 2.24) is 0 Å². The summed E-state index contributed by atoms with van der Waals surface area (Å²) in [5.41, 5.74) is 1.17. The molecule has 104 valence electrons. The third-order valence-corrected chi connectivity index (χ3v) is 2.76. The highest BCUT2D eigenvalue weighted by molar-refractivity contribution is 5.45. The predicted octanol–water partition coefficient (Wildman–Crippen LogP) is 5.81. The van der Waals surface area contributed by atoms with Crippen molar-refractivity contribution >= 4 is 6.08 Å². The van der Waals surface area contributed by atoms with Gasteiger partial charge in [-0.15, -0.1) is 0 Å². The first kappa shape index (κ1) is 14.6. The molecule has 0 bridgehead atoms. The monoisotopic (exact) mass is 274 g/mol. The molecule has 0 saturated heterocycles. The maximum Gasteiger partial charge on any atom is 0.127 e. The number of hydrogen-bond donors (Lipinski definition) is 0. The van der Waals surface area contributed by atoms with E-state index in [4.69, 9.17) is 4.74 Å². The van der Waals surface area contributed by atoms with E-state index in [1.165, 1.54) is 5.56 Å². The minimum absolute atomic E-state index is 0.869. The van der Waals surface area contributed by atoms with E-state index in [0.29, 0.717) is 0 Å². The summed E-state index contributed by atoms with van der Waals surface area (Å²) in [6.45, 7) is 3.63. The Morgan fingerprint density at radius 2 is 0.952 bits per heavy atom. The van der Waals surface area contributed by atoms with Crippen LogP contribution < -0.4 is 4.74 Å². The van der Waals surface area contributed by atoms with Crippen LogP contribution in [0, 0.1) is 0 Å². The highest BCUT2D eigenvalue weighted by Crippen LogP contribution is 2.19. The molecule has 0 saturated carbocycles. The van der Waals surface area contributed by atoms with Crippen molar-refractivity contribution in [3.05, 3.63) is 103 Å². The molecule has 0 amide bonds. The average Bonchev–Trinajstić information content (AvgIpc) is 2.58. The molecule has 1 nitrogen and oxygen atoms in total. The molecule has 0 atom stereocenters. The van der Waals surface area contributed by atoms with E-state index in [2.05, 4.69) is 6.58 Å². The number of hydrogen-bond acceptors (Lipinski definition) is 1. The summed E-state index contributed by atoms with van der Waals surface area (Å²) >= 11 is 0. The minimum atomic E-state index is 0.869. The Morgan fingerprint density at radius 1 is 0.571 bits per heavy atom. The maximum atomic E-state index is 5.58. The second-order valence-electron chi connectivity index (χ2n) is 4.34. The molecule has 0 spiro atoms. The van der Waals surface area contributed by atoms with Crippen LogP contribution in [-0.4, -0.2) is 0 Å². The Hall–Kier alpha value is -2.80. The first-order valence-corrected chi connectivity index (χ1v) is 6.84. The minimum Gasteiger partial charge on any atom is -0.457 e. The van der Waals surface area contributed by atoms with E-state index in [0.717, 1.165) is 11.5 Å². The zero-order valence-electron chi connectivity index (χ0n) is 11.9. The fraction of sp³-hybridized carbons (Fsp3) is 0. The molecular formula is C20H18O. The van der Waals surface area contributed by atoms with Crippen LogP contribution in [0.4, 0.5) is 0 Å². The summed E-state index contributed by atoms with van der Waals surface area (Å²) < 4.78 is 5.58. The van der Waals surface area contributed by atoms with Crippen LogP contribution in [0.2, 0.25) is 0 Å². The summed E-state index contributed by atoms with van der Waals surface area (Å²) in [6.07, 6.45) is 1.83. The first-order chi connectivity index (χ1) is 10.4. The topological polar surface area (TPSA) is 9.23 Å². The van der Waals surface area contributed by atoms with Crippen molar-refractivity contribution in [3.8, 4) is 11.5 Å². The van der Waals surface area contributed by atoms with Gasteiger partial charge in [0.15, 0.2) is 0 Å². The Bertz CT molecular complexity index is 593. The van der Waals surface area contributed by atoms with Crippen molar-refractivity contribution in [1.29, 1.82) is 0 Å². The van der Waals surface area contributed by atoms with Gasteiger partial charge in [0.1, 0.15) is 11.5 Å². The van der Waals surface area contributed by atoms with E-state index in [1.807, 2.05) is 97.1 Å². The number of rotatable bonds is 3. The van der Waals surface area contributed by atoms with Crippen LogP contribution in [0.25, 0.3) is 6.08 Å². The molecule has 0 fully saturated rings. The molecule has 0 unspecified atom stereocenters. The van der Waals surface area contributed by atoms with Gasteiger partial charge in [0, 0.05) is 0 Å². The summed E-state index contributed by atoms with van der Waals surface area (Å²) in [6, 6.07) is 29.5. The molecule has 0 aromatic heterocycles. The highest BCUT2D eigenvalue weighted by atomic mass is 16.5. The SMILES string of the molecule is C=Cc1ccccc1.c1ccc(Oc2ccccc2)cc1. The summed E-state index contributed by atoms with van der Waals surface area (Å²) in [5.74, 6) is 1.74. The lowest BCUT2D eigenvalue weighted by molar-refractivity contribution is 0.482. The van der Waals surface area contributed by atoms with Gasteiger partial charge in [0.25, 0.3) is 0 Å². The lowest BCUT2D eigenvalue weighted by Gasteiger charge is -2.03. The molecule has 0 aliphatic carbocycles. The summed E-state index contributed by atoms with van der Waals surface area (Å²) in [4.78, 5) is 0. The molecule has 3 aromatic rings. The van der Waals surface area contributed by atoms with Crippen LogP contribution in [0.3, 0.4) is 0 Å². The van der Waals surface area contributed by atoms with E-state index < -0.39 is 0 Å². The normalized spacial score (nSPS) is 9.14. The molecule has 0 aliphatic rings. The van der Waals surface area contributed by atoms with Crippen molar-refractivity contribution in [3.63, 3.8) is 0 Å². The van der Waals surface area contributed by atoms with Crippen LogP contribution >= 0.6 is 0 Å². The van der Waals surface area contributed by atoms with E-state index in [-0.39, 0.29) is 0 Å². The Labute approximate surface area is 126 Å². The van der Waals surface area contributed by atoms with Gasteiger partial charge in [-0.05, 0) is 29.8 Å².